The number of hydrogen-bond donors (Lipinski definition) is 2. The zero-order valence-corrected chi connectivity index (χ0v) is 7.73. The number of nitrogens with one attached hydrogen (secondary N) is 1. The van der Waals surface area contributed by atoms with Crippen LogP contribution < -0.4 is 11.1 Å². The summed E-state index contributed by atoms with van der Waals surface area (Å²) in [5, 5.41) is 2.60. The molecule has 1 aliphatic rings. The fourth-order valence-electron chi connectivity index (χ4n) is 1.37. The van der Waals surface area contributed by atoms with Gasteiger partial charge in [0, 0.05) is 12.4 Å². The average molecular weight is 192 g/mol. The second-order valence-corrected chi connectivity index (χ2v) is 3.54. The number of aromatic nitrogens is 2. The zero-order chi connectivity index (χ0) is 10.0. The molecule has 0 aliphatic heterocycles. The molecule has 1 amide bonds. The van der Waals surface area contributed by atoms with Gasteiger partial charge in [0.05, 0.1) is 5.54 Å². The quantitative estimate of drug-likeness (QED) is 0.706. The van der Waals surface area contributed by atoms with E-state index in [0.29, 0.717) is 5.95 Å². The maximum atomic E-state index is 11.6. The molecule has 0 bridgehead atoms. The van der Waals surface area contributed by atoms with Gasteiger partial charge in [-0.1, -0.05) is 0 Å². The van der Waals surface area contributed by atoms with Crippen molar-refractivity contribution in [3.8, 4) is 0 Å². The highest BCUT2D eigenvalue weighted by atomic mass is 16.2. The van der Waals surface area contributed by atoms with Crippen molar-refractivity contribution < 1.29 is 4.79 Å². The molecule has 3 N–H and O–H groups in total. The van der Waals surface area contributed by atoms with Crippen molar-refractivity contribution in [2.24, 2.45) is 5.73 Å². The van der Waals surface area contributed by atoms with Crippen LogP contribution in [0, 0.1) is 0 Å². The molecule has 74 valence electrons. The van der Waals surface area contributed by atoms with E-state index in [1.165, 1.54) is 0 Å². The van der Waals surface area contributed by atoms with E-state index in [1.807, 2.05) is 0 Å². The summed E-state index contributed by atoms with van der Waals surface area (Å²) in [5.41, 5.74) is 5.13. The van der Waals surface area contributed by atoms with Gasteiger partial charge >= 0.3 is 0 Å². The highest BCUT2D eigenvalue weighted by Gasteiger charge is 2.40. The fraction of sp³-hybridized carbons (Fsp3) is 0.444. The van der Waals surface area contributed by atoms with Gasteiger partial charge in [0.25, 0.3) is 0 Å². The van der Waals surface area contributed by atoms with Gasteiger partial charge < -0.3 is 5.73 Å². The minimum atomic E-state index is -0.695. The Morgan fingerprint density at radius 3 is 2.57 bits per heavy atom. The Morgan fingerprint density at radius 2 is 2.07 bits per heavy atom. The number of amides is 1. The maximum absolute atomic E-state index is 11.6. The highest BCUT2D eigenvalue weighted by molar-refractivity contribution is 5.97. The smallest absolute Gasteiger partial charge is 0.246 e. The van der Waals surface area contributed by atoms with Gasteiger partial charge in [-0.05, 0) is 25.3 Å². The van der Waals surface area contributed by atoms with Gasteiger partial charge in [-0.2, -0.15) is 0 Å². The summed E-state index contributed by atoms with van der Waals surface area (Å²) in [7, 11) is 0. The van der Waals surface area contributed by atoms with Crippen LogP contribution in [0.1, 0.15) is 19.3 Å². The van der Waals surface area contributed by atoms with E-state index in [1.54, 1.807) is 18.5 Å². The number of rotatable bonds is 2. The lowest BCUT2D eigenvalue weighted by atomic mass is 9.77. The first-order valence-electron chi connectivity index (χ1n) is 4.58. The number of carbonyl (C=O) groups excluding carboxylic acids is 1. The third-order valence-corrected chi connectivity index (χ3v) is 2.49. The molecular weight excluding hydrogens is 180 g/mol. The molecule has 1 aromatic heterocycles. The summed E-state index contributed by atoms with van der Waals surface area (Å²) < 4.78 is 0. The van der Waals surface area contributed by atoms with Gasteiger partial charge in [0.1, 0.15) is 0 Å². The van der Waals surface area contributed by atoms with Gasteiger partial charge in [-0.15, -0.1) is 0 Å². The topological polar surface area (TPSA) is 80.9 Å². The first-order valence-corrected chi connectivity index (χ1v) is 4.58. The third kappa shape index (κ3) is 1.58. The summed E-state index contributed by atoms with van der Waals surface area (Å²) in [6.07, 6.45) is 5.65. The molecule has 0 spiro atoms. The van der Waals surface area contributed by atoms with Crippen LogP contribution in [0.5, 0.6) is 0 Å². The standard InChI is InChI=1S/C9H12N4O/c10-9(3-1-4-9)7(14)13-8-11-5-2-6-12-8/h2,5-6H,1,3-4,10H2,(H,11,12,13,14). The van der Waals surface area contributed by atoms with Gasteiger partial charge in [0.2, 0.25) is 11.9 Å². The second kappa shape index (κ2) is 3.34. The number of nitrogens with two attached hydrogens (primary N) is 1. The third-order valence-electron chi connectivity index (χ3n) is 2.49. The van der Waals surface area contributed by atoms with Crippen LogP contribution in [0.2, 0.25) is 0 Å². The Morgan fingerprint density at radius 1 is 1.43 bits per heavy atom. The number of nitrogens with zero attached hydrogens (tertiary/aromatic N) is 2. The normalized spacial score (nSPS) is 18.4. The van der Waals surface area contributed by atoms with E-state index in [4.69, 9.17) is 5.73 Å². The van der Waals surface area contributed by atoms with Crippen molar-refractivity contribution in [1.29, 1.82) is 0 Å². The second-order valence-electron chi connectivity index (χ2n) is 3.54. The SMILES string of the molecule is NC1(C(=O)Nc2ncccn2)CCC1. The molecule has 2 rings (SSSR count). The fourth-order valence-corrected chi connectivity index (χ4v) is 1.37. The molecule has 1 aliphatic carbocycles. The lowest BCUT2D eigenvalue weighted by Gasteiger charge is -2.35. The van der Waals surface area contributed by atoms with Crippen molar-refractivity contribution in [1.82, 2.24) is 9.97 Å². The van der Waals surface area contributed by atoms with E-state index in [2.05, 4.69) is 15.3 Å². The van der Waals surface area contributed by atoms with Crippen molar-refractivity contribution in [3.63, 3.8) is 0 Å². The first-order chi connectivity index (χ1) is 6.71. The van der Waals surface area contributed by atoms with E-state index < -0.39 is 5.54 Å². The summed E-state index contributed by atoms with van der Waals surface area (Å²) >= 11 is 0. The molecule has 5 heteroatoms. The summed E-state index contributed by atoms with van der Waals surface area (Å²) in [5.74, 6) is 0.129. The summed E-state index contributed by atoms with van der Waals surface area (Å²) in [6, 6.07) is 1.69. The maximum Gasteiger partial charge on any atom is 0.246 e. The molecule has 0 aromatic carbocycles. The van der Waals surface area contributed by atoms with E-state index in [-0.39, 0.29) is 5.91 Å². The lowest BCUT2D eigenvalue weighted by Crippen LogP contribution is -2.56. The van der Waals surface area contributed by atoms with Crippen LogP contribution in [0.15, 0.2) is 18.5 Å². The molecule has 5 nitrogen and oxygen atoms in total. The molecule has 0 unspecified atom stereocenters. The molecule has 14 heavy (non-hydrogen) atoms. The Kier molecular flexibility index (Phi) is 2.17. The molecule has 1 heterocycles. The van der Waals surface area contributed by atoms with Crippen LogP contribution >= 0.6 is 0 Å². The van der Waals surface area contributed by atoms with E-state index in [9.17, 15) is 4.79 Å². The van der Waals surface area contributed by atoms with Crippen molar-refractivity contribution in [2.75, 3.05) is 5.32 Å². The molecule has 1 saturated carbocycles. The molecule has 1 fully saturated rings. The van der Waals surface area contributed by atoms with Crippen LogP contribution in [0.3, 0.4) is 0 Å². The van der Waals surface area contributed by atoms with E-state index >= 15 is 0 Å². The lowest BCUT2D eigenvalue weighted by molar-refractivity contribution is -0.123. The number of hydrogen-bond acceptors (Lipinski definition) is 4. The van der Waals surface area contributed by atoms with Gasteiger partial charge in [-0.25, -0.2) is 9.97 Å². The first kappa shape index (κ1) is 9.08. The minimum Gasteiger partial charge on any atom is -0.317 e. The molecule has 0 saturated heterocycles. The predicted octanol–water partition coefficient (Wildman–Crippen LogP) is 0.296. The Bertz CT molecular complexity index is 334. The summed E-state index contributed by atoms with van der Waals surface area (Å²) in [4.78, 5) is 19.4. The average Bonchev–Trinajstić information content (AvgIpc) is 2.15. The Labute approximate surface area is 81.7 Å². The molecule has 1 aromatic rings. The van der Waals surface area contributed by atoms with Crippen molar-refractivity contribution in [3.05, 3.63) is 18.5 Å². The minimum absolute atomic E-state index is 0.185. The molecular formula is C9H12N4O. The Balaban J connectivity index is 2.02. The van der Waals surface area contributed by atoms with Crippen molar-refractivity contribution >= 4 is 11.9 Å². The largest absolute Gasteiger partial charge is 0.317 e. The van der Waals surface area contributed by atoms with Crippen LogP contribution in [-0.2, 0) is 4.79 Å². The van der Waals surface area contributed by atoms with E-state index in [0.717, 1.165) is 19.3 Å². The molecule has 0 atom stereocenters. The number of anilines is 1. The van der Waals surface area contributed by atoms with Crippen LogP contribution in [-0.4, -0.2) is 21.4 Å². The Hall–Kier alpha value is -1.49. The van der Waals surface area contributed by atoms with Crippen LogP contribution in [0.25, 0.3) is 0 Å². The van der Waals surface area contributed by atoms with Gasteiger partial charge in [-0.3, -0.25) is 10.1 Å². The van der Waals surface area contributed by atoms with Crippen molar-refractivity contribution in [2.45, 2.75) is 24.8 Å². The summed E-state index contributed by atoms with van der Waals surface area (Å²) in [6.45, 7) is 0. The predicted molar refractivity (Wildman–Crippen MR) is 51.4 cm³/mol. The monoisotopic (exact) mass is 192 g/mol. The van der Waals surface area contributed by atoms with Gasteiger partial charge in [0.15, 0.2) is 0 Å². The van der Waals surface area contributed by atoms with Crippen LogP contribution in [0.4, 0.5) is 5.95 Å². The zero-order valence-electron chi connectivity index (χ0n) is 7.73. The highest BCUT2D eigenvalue weighted by Crippen LogP contribution is 2.29. The molecule has 0 radical (unpaired) electrons. The number of carbonyl (C=O) groups is 1.